The SMILES string of the molecule is Fc1ccccc1.c1cc(-c2ccn3c([C@@H]4CCNC4)nnc3c2)nc(NC2CCOCC2)n1. The van der Waals surface area contributed by atoms with Crippen molar-refractivity contribution in [1.82, 2.24) is 29.9 Å². The third-order valence-corrected chi connectivity index (χ3v) is 6.10. The van der Waals surface area contributed by atoms with Gasteiger partial charge in [0.15, 0.2) is 5.65 Å². The molecule has 176 valence electrons. The molecular weight excluding hydrogens is 433 g/mol. The summed E-state index contributed by atoms with van der Waals surface area (Å²) in [5, 5.41) is 15.6. The molecule has 2 aliphatic rings. The Morgan fingerprint density at radius 1 is 1.03 bits per heavy atom. The van der Waals surface area contributed by atoms with E-state index >= 15 is 0 Å². The molecule has 0 saturated carbocycles. The number of pyridine rings is 1. The molecule has 2 saturated heterocycles. The van der Waals surface area contributed by atoms with Crippen molar-refractivity contribution in [3.63, 3.8) is 0 Å². The normalized spacial score (nSPS) is 18.4. The molecule has 4 aromatic rings. The van der Waals surface area contributed by atoms with Gasteiger partial charge in [0, 0.05) is 49.7 Å². The van der Waals surface area contributed by atoms with Crippen LogP contribution in [-0.2, 0) is 4.74 Å². The van der Waals surface area contributed by atoms with Gasteiger partial charge in [-0.05, 0) is 56.1 Å². The average Bonchev–Trinajstić information content (AvgIpc) is 3.55. The molecule has 2 aliphatic heterocycles. The van der Waals surface area contributed by atoms with E-state index in [2.05, 4.69) is 36.3 Å². The highest BCUT2D eigenvalue weighted by molar-refractivity contribution is 5.64. The molecule has 0 unspecified atom stereocenters. The quantitative estimate of drug-likeness (QED) is 0.479. The first kappa shape index (κ1) is 22.4. The summed E-state index contributed by atoms with van der Waals surface area (Å²) in [7, 11) is 0. The first-order valence-corrected chi connectivity index (χ1v) is 11.7. The molecule has 8 nitrogen and oxygen atoms in total. The van der Waals surface area contributed by atoms with Gasteiger partial charge < -0.3 is 15.4 Å². The molecule has 5 heterocycles. The van der Waals surface area contributed by atoms with Crippen molar-refractivity contribution in [2.45, 2.75) is 31.2 Å². The number of ether oxygens (including phenoxy) is 1. The van der Waals surface area contributed by atoms with Crippen LogP contribution in [-0.4, -0.2) is 56.9 Å². The zero-order valence-electron chi connectivity index (χ0n) is 18.9. The summed E-state index contributed by atoms with van der Waals surface area (Å²) < 4.78 is 19.4. The summed E-state index contributed by atoms with van der Waals surface area (Å²) in [5.41, 5.74) is 2.75. The zero-order valence-corrected chi connectivity index (χ0v) is 18.9. The molecule has 2 N–H and O–H groups in total. The fraction of sp³-hybridized carbons (Fsp3) is 0.360. The second kappa shape index (κ2) is 10.7. The van der Waals surface area contributed by atoms with E-state index in [9.17, 15) is 4.39 Å². The summed E-state index contributed by atoms with van der Waals surface area (Å²) in [5.74, 6) is 1.95. The third kappa shape index (κ3) is 5.37. The van der Waals surface area contributed by atoms with Crippen LogP contribution in [0.1, 0.15) is 31.0 Å². The van der Waals surface area contributed by atoms with E-state index in [0.29, 0.717) is 17.9 Å². The Balaban J connectivity index is 0.000000297. The van der Waals surface area contributed by atoms with Gasteiger partial charge in [0.05, 0.1) is 5.69 Å². The average molecular weight is 462 g/mol. The highest BCUT2D eigenvalue weighted by Crippen LogP contribution is 2.24. The van der Waals surface area contributed by atoms with Gasteiger partial charge in [0.2, 0.25) is 5.95 Å². The van der Waals surface area contributed by atoms with Crippen molar-refractivity contribution in [2.75, 3.05) is 31.6 Å². The van der Waals surface area contributed by atoms with Gasteiger partial charge in [-0.25, -0.2) is 14.4 Å². The van der Waals surface area contributed by atoms with E-state index in [1.165, 1.54) is 12.1 Å². The number of hydrogen-bond acceptors (Lipinski definition) is 7. The zero-order chi connectivity index (χ0) is 23.2. The molecule has 9 heteroatoms. The first-order chi connectivity index (χ1) is 16.8. The number of aromatic nitrogens is 5. The molecule has 3 aromatic heterocycles. The van der Waals surface area contributed by atoms with Gasteiger partial charge in [0.1, 0.15) is 11.6 Å². The maximum Gasteiger partial charge on any atom is 0.223 e. The maximum atomic E-state index is 11.9. The molecule has 1 atom stereocenters. The molecule has 6 rings (SSSR count). The Hall–Kier alpha value is -3.43. The van der Waals surface area contributed by atoms with Gasteiger partial charge in [0.25, 0.3) is 0 Å². The van der Waals surface area contributed by atoms with Gasteiger partial charge in [-0.15, -0.1) is 10.2 Å². The molecule has 0 aliphatic carbocycles. The fourth-order valence-electron chi connectivity index (χ4n) is 4.25. The number of halogens is 1. The largest absolute Gasteiger partial charge is 0.381 e. The van der Waals surface area contributed by atoms with Gasteiger partial charge in [-0.2, -0.15) is 0 Å². The number of nitrogens with one attached hydrogen (secondary N) is 2. The molecule has 34 heavy (non-hydrogen) atoms. The monoisotopic (exact) mass is 461 g/mol. The van der Waals surface area contributed by atoms with E-state index in [1.54, 1.807) is 24.4 Å². The van der Waals surface area contributed by atoms with Gasteiger partial charge in [-0.1, -0.05) is 18.2 Å². The van der Waals surface area contributed by atoms with Crippen LogP contribution in [0.4, 0.5) is 10.3 Å². The standard InChI is InChI=1S/C19H23N7O.C6H5F/c1-6-20-12-14(1)18-25-24-17-11-13(3-8-26(17)18)16-2-7-21-19(23-16)22-15-4-9-27-10-5-15;7-6-4-2-1-3-5-6/h2-3,7-8,11,14-15,20H,1,4-6,9-10,12H2,(H,21,22,23);1-5H/t14-;/m1./s1. The van der Waals surface area contributed by atoms with E-state index in [-0.39, 0.29) is 5.82 Å². The number of hydrogen-bond donors (Lipinski definition) is 2. The second-order valence-corrected chi connectivity index (χ2v) is 8.48. The number of anilines is 1. The topological polar surface area (TPSA) is 89.3 Å². The van der Waals surface area contributed by atoms with Crippen molar-refractivity contribution in [3.05, 3.63) is 72.6 Å². The number of benzene rings is 1. The fourth-order valence-corrected chi connectivity index (χ4v) is 4.25. The molecule has 0 bridgehead atoms. The molecule has 0 spiro atoms. The lowest BCUT2D eigenvalue weighted by atomic mass is 10.1. The minimum Gasteiger partial charge on any atom is -0.381 e. The highest BCUT2D eigenvalue weighted by atomic mass is 19.1. The van der Waals surface area contributed by atoms with Crippen LogP contribution in [0.5, 0.6) is 0 Å². The third-order valence-electron chi connectivity index (χ3n) is 6.10. The van der Waals surface area contributed by atoms with Gasteiger partial charge in [-0.3, -0.25) is 4.40 Å². The van der Waals surface area contributed by atoms with Crippen molar-refractivity contribution in [2.24, 2.45) is 0 Å². The van der Waals surface area contributed by atoms with E-state index in [1.807, 2.05) is 18.3 Å². The van der Waals surface area contributed by atoms with Crippen LogP contribution in [0.3, 0.4) is 0 Å². The predicted molar refractivity (Wildman–Crippen MR) is 128 cm³/mol. The van der Waals surface area contributed by atoms with Crippen LogP contribution < -0.4 is 10.6 Å². The van der Waals surface area contributed by atoms with E-state index in [0.717, 1.165) is 68.3 Å². The van der Waals surface area contributed by atoms with E-state index < -0.39 is 0 Å². The predicted octanol–water partition coefficient (Wildman–Crippen LogP) is 3.68. The van der Waals surface area contributed by atoms with Gasteiger partial charge >= 0.3 is 0 Å². The van der Waals surface area contributed by atoms with Crippen molar-refractivity contribution >= 4 is 11.6 Å². The van der Waals surface area contributed by atoms with Crippen LogP contribution in [0.15, 0.2) is 60.9 Å². The molecule has 1 aromatic carbocycles. The molecule has 0 amide bonds. The Morgan fingerprint density at radius 3 is 2.62 bits per heavy atom. The Labute approximate surface area is 197 Å². The number of fused-ring (bicyclic) bond motifs is 1. The number of nitrogens with zero attached hydrogens (tertiary/aromatic N) is 5. The molecule has 0 radical (unpaired) electrons. The summed E-state index contributed by atoms with van der Waals surface area (Å²) in [6.45, 7) is 3.59. The number of rotatable bonds is 4. The summed E-state index contributed by atoms with van der Waals surface area (Å²) in [6.07, 6.45) is 6.92. The Morgan fingerprint density at radius 2 is 1.88 bits per heavy atom. The second-order valence-electron chi connectivity index (χ2n) is 8.48. The van der Waals surface area contributed by atoms with Crippen molar-refractivity contribution in [1.29, 1.82) is 0 Å². The van der Waals surface area contributed by atoms with Crippen LogP contribution >= 0.6 is 0 Å². The lowest BCUT2D eigenvalue weighted by Crippen LogP contribution is -2.28. The van der Waals surface area contributed by atoms with Crippen LogP contribution in [0.25, 0.3) is 16.9 Å². The minimum atomic E-state index is -0.178. The Bertz CT molecular complexity index is 1200. The summed E-state index contributed by atoms with van der Waals surface area (Å²) >= 11 is 0. The van der Waals surface area contributed by atoms with Crippen LogP contribution in [0.2, 0.25) is 0 Å². The molecule has 2 fully saturated rings. The van der Waals surface area contributed by atoms with E-state index in [4.69, 9.17) is 9.72 Å². The van der Waals surface area contributed by atoms with Crippen molar-refractivity contribution in [3.8, 4) is 11.3 Å². The minimum absolute atomic E-state index is 0.178. The summed E-state index contributed by atoms with van der Waals surface area (Å²) in [4.78, 5) is 9.07. The lowest BCUT2D eigenvalue weighted by molar-refractivity contribution is 0.0903. The first-order valence-electron chi connectivity index (χ1n) is 11.7. The van der Waals surface area contributed by atoms with Crippen LogP contribution in [0, 0.1) is 5.82 Å². The Kier molecular flexibility index (Phi) is 7.02. The maximum absolute atomic E-state index is 11.9. The lowest BCUT2D eigenvalue weighted by Gasteiger charge is -2.23. The highest BCUT2D eigenvalue weighted by Gasteiger charge is 2.22. The summed E-state index contributed by atoms with van der Waals surface area (Å²) in [6, 6.07) is 14.4. The molecular formula is C25H28FN7O. The smallest absolute Gasteiger partial charge is 0.223 e. The van der Waals surface area contributed by atoms with Crippen molar-refractivity contribution < 1.29 is 9.13 Å².